The van der Waals surface area contributed by atoms with Crippen LogP contribution < -0.4 is 0 Å². The Morgan fingerprint density at radius 3 is 2.00 bits per heavy atom. The lowest BCUT2D eigenvalue weighted by molar-refractivity contribution is -0.123. The summed E-state index contributed by atoms with van der Waals surface area (Å²) in [5.41, 5.74) is 0. The Balaban J connectivity index is 3.56. The third kappa shape index (κ3) is 7.90. The standard InChI is InChI=1S/C15H30O/c1-4-7-8-9-10-11-13-14(12-5-2)15(16)6-3/h14H,4-13H2,1-3H3. The predicted molar refractivity (Wildman–Crippen MR) is 71.7 cm³/mol. The molecule has 0 heterocycles. The molecule has 16 heavy (non-hydrogen) atoms. The van der Waals surface area contributed by atoms with Crippen molar-refractivity contribution in [2.45, 2.75) is 85.0 Å². The molecule has 96 valence electrons. The Bertz CT molecular complexity index is 163. The number of Topliss-reactive ketones (excluding diaryl/α,β-unsaturated/α-hetero) is 1. The Kier molecular flexibility index (Phi) is 10.9. The van der Waals surface area contributed by atoms with Crippen LogP contribution in [0.5, 0.6) is 0 Å². The molecule has 0 aliphatic carbocycles. The number of unbranched alkanes of at least 4 members (excludes halogenated alkanes) is 5. The zero-order valence-electron chi connectivity index (χ0n) is 11.6. The molecule has 0 N–H and O–H groups in total. The summed E-state index contributed by atoms with van der Waals surface area (Å²) >= 11 is 0. The fourth-order valence-electron chi connectivity index (χ4n) is 2.27. The van der Waals surface area contributed by atoms with Crippen LogP contribution >= 0.6 is 0 Å². The van der Waals surface area contributed by atoms with Crippen molar-refractivity contribution in [3.63, 3.8) is 0 Å². The molecule has 1 nitrogen and oxygen atoms in total. The molecule has 0 bridgehead atoms. The molecule has 0 saturated heterocycles. The van der Waals surface area contributed by atoms with Crippen LogP contribution in [0.2, 0.25) is 0 Å². The molecule has 1 atom stereocenters. The molecule has 0 aromatic rings. The fraction of sp³-hybridized carbons (Fsp3) is 0.933. The van der Waals surface area contributed by atoms with Crippen molar-refractivity contribution < 1.29 is 4.79 Å². The van der Waals surface area contributed by atoms with Gasteiger partial charge in [-0.1, -0.05) is 65.7 Å². The molecule has 0 radical (unpaired) electrons. The van der Waals surface area contributed by atoms with Crippen molar-refractivity contribution in [3.8, 4) is 0 Å². The van der Waals surface area contributed by atoms with E-state index < -0.39 is 0 Å². The summed E-state index contributed by atoms with van der Waals surface area (Å²) < 4.78 is 0. The highest BCUT2D eigenvalue weighted by Crippen LogP contribution is 2.18. The Labute approximate surface area is 102 Å². The maximum Gasteiger partial charge on any atom is 0.135 e. The Morgan fingerprint density at radius 2 is 1.44 bits per heavy atom. The fourth-order valence-corrected chi connectivity index (χ4v) is 2.27. The van der Waals surface area contributed by atoms with Crippen LogP contribution in [0.4, 0.5) is 0 Å². The largest absolute Gasteiger partial charge is 0.299 e. The van der Waals surface area contributed by atoms with Gasteiger partial charge in [-0.3, -0.25) is 4.79 Å². The number of carbonyl (C=O) groups excluding carboxylic acids is 1. The summed E-state index contributed by atoms with van der Waals surface area (Å²) in [6.07, 6.45) is 12.1. The van der Waals surface area contributed by atoms with Gasteiger partial charge in [0.05, 0.1) is 0 Å². The highest BCUT2D eigenvalue weighted by molar-refractivity contribution is 5.80. The van der Waals surface area contributed by atoms with E-state index in [1.54, 1.807) is 0 Å². The topological polar surface area (TPSA) is 17.1 Å². The molecular formula is C15H30O. The van der Waals surface area contributed by atoms with Crippen molar-refractivity contribution in [1.29, 1.82) is 0 Å². The van der Waals surface area contributed by atoms with Crippen molar-refractivity contribution in [1.82, 2.24) is 0 Å². The van der Waals surface area contributed by atoms with E-state index in [0.717, 1.165) is 25.7 Å². The van der Waals surface area contributed by atoms with E-state index in [1.165, 1.54) is 38.5 Å². The highest BCUT2D eigenvalue weighted by atomic mass is 16.1. The van der Waals surface area contributed by atoms with Crippen LogP contribution in [0, 0.1) is 5.92 Å². The summed E-state index contributed by atoms with van der Waals surface area (Å²) in [7, 11) is 0. The molecule has 0 aliphatic rings. The first-order chi connectivity index (χ1) is 7.76. The van der Waals surface area contributed by atoms with E-state index in [-0.39, 0.29) is 0 Å². The molecule has 0 rings (SSSR count). The molecule has 0 aromatic carbocycles. The van der Waals surface area contributed by atoms with E-state index in [0.29, 0.717) is 11.7 Å². The second kappa shape index (κ2) is 11.2. The maximum atomic E-state index is 11.7. The van der Waals surface area contributed by atoms with E-state index in [1.807, 2.05) is 6.92 Å². The van der Waals surface area contributed by atoms with Crippen molar-refractivity contribution in [2.75, 3.05) is 0 Å². The van der Waals surface area contributed by atoms with Crippen molar-refractivity contribution >= 4 is 5.78 Å². The van der Waals surface area contributed by atoms with Crippen molar-refractivity contribution in [2.24, 2.45) is 5.92 Å². The summed E-state index contributed by atoms with van der Waals surface area (Å²) in [6.45, 7) is 6.42. The van der Waals surface area contributed by atoms with Gasteiger partial charge in [0.1, 0.15) is 5.78 Å². The maximum absolute atomic E-state index is 11.7. The smallest absolute Gasteiger partial charge is 0.135 e. The van der Waals surface area contributed by atoms with Crippen LogP contribution in [0.15, 0.2) is 0 Å². The zero-order valence-corrected chi connectivity index (χ0v) is 11.6. The first-order valence-electron chi connectivity index (χ1n) is 7.28. The van der Waals surface area contributed by atoms with Gasteiger partial charge in [-0.15, -0.1) is 0 Å². The predicted octanol–water partition coefficient (Wildman–Crippen LogP) is 5.13. The molecule has 1 unspecified atom stereocenters. The molecular weight excluding hydrogens is 196 g/mol. The van der Waals surface area contributed by atoms with E-state index in [9.17, 15) is 4.79 Å². The third-order valence-corrected chi connectivity index (χ3v) is 3.35. The number of ketones is 1. The SMILES string of the molecule is CCCCCCCCC(CCC)C(=O)CC. The highest BCUT2D eigenvalue weighted by Gasteiger charge is 2.14. The molecule has 0 saturated carbocycles. The summed E-state index contributed by atoms with van der Waals surface area (Å²) in [5, 5.41) is 0. The molecule has 0 aliphatic heterocycles. The molecule has 0 spiro atoms. The molecule has 0 amide bonds. The summed E-state index contributed by atoms with van der Waals surface area (Å²) in [6, 6.07) is 0. The summed E-state index contributed by atoms with van der Waals surface area (Å²) in [4.78, 5) is 11.7. The quantitative estimate of drug-likeness (QED) is 0.446. The average molecular weight is 226 g/mol. The average Bonchev–Trinajstić information content (AvgIpc) is 2.31. The molecule has 1 heteroatoms. The number of carbonyl (C=O) groups is 1. The molecule has 0 fully saturated rings. The van der Waals surface area contributed by atoms with Gasteiger partial charge in [-0.05, 0) is 12.8 Å². The van der Waals surface area contributed by atoms with E-state index in [4.69, 9.17) is 0 Å². The van der Waals surface area contributed by atoms with E-state index in [2.05, 4.69) is 13.8 Å². The van der Waals surface area contributed by atoms with Crippen LogP contribution in [-0.4, -0.2) is 5.78 Å². The third-order valence-electron chi connectivity index (χ3n) is 3.35. The first-order valence-corrected chi connectivity index (χ1v) is 7.28. The molecule has 0 aromatic heterocycles. The van der Waals surface area contributed by atoms with Crippen molar-refractivity contribution in [3.05, 3.63) is 0 Å². The Hall–Kier alpha value is -0.330. The van der Waals surface area contributed by atoms with Gasteiger partial charge in [-0.25, -0.2) is 0 Å². The van der Waals surface area contributed by atoms with Crippen LogP contribution in [-0.2, 0) is 4.79 Å². The van der Waals surface area contributed by atoms with Gasteiger partial charge < -0.3 is 0 Å². The van der Waals surface area contributed by atoms with Gasteiger partial charge >= 0.3 is 0 Å². The van der Waals surface area contributed by atoms with Gasteiger partial charge in [0, 0.05) is 12.3 Å². The lowest BCUT2D eigenvalue weighted by Crippen LogP contribution is -2.13. The monoisotopic (exact) mass is 226 g/mol. The van der Waals surface area contributed by atoms with Gasteiger partial charge in [-0.2, -0.15) is 0 Å². The number of hydrogen-bond donors (Lipinski definition) is 0. The second-order valence-corrected chi connectivity index (χ2v) is 4.86. The minimum atomic E-state index is 0.362. The normalized spacial score (nSPS) is 12.7. The minimum Gasteiger partial charge on any atom is -0.299 e. The number of hydrogen-bond acceptors (Lipinski definition) is 1. The van der Waals surface area contributed by atoms with Gasteiger partial charge in [0.2, 0.25) is 0 Å². The van der Waals surface area contributed by atoms with Gasteiger partial charge in [0.25, 0.3) is 0 Å². The van der Waals surface area contributed by atoms with Gasteiger partial charge in [0.15, 0.2) is 0 Å². The minimum absolute atomic E-state index is 0.362. The second-order valence-electron chi connectivity index (χ2n) is 4.86. The van der Waals surface area contributed by atoms with Crippen LogP contribution in [0.25, 0.3) is 0 Å². The van der Waals surface area contributed by atoms with Crippen LogP contribution in [0.1, 0.15) is 85.0 Å². The number of rotatable bonds is 11. The van der Waals surface area contributed by atoms with Crippen LogP contribution in [0.3, 0.4) is 0 Å². The first kappa shape index (κ1) is 15.7. The Morgan fingerprint density at radius 1 is 0.812 bits per heavy atom. The lowest BCUT2D eigenvalue weighted by atomic mass is 9.91. The summed E-state index contributed by atoms with van der Waals surface area (Å²) in [5.74, 6) is 0.844. The lowest BCUT2D eigenvalue weighted by Gasteiger charge is -2.13. The van der Waals surface area contributed by atoms with E-state index >= 15 is 0 Å². The zero-order chi connectivity index (χ0) is 12.2.